The number of carboxylic acids is 1. The highest BCUT2D eigenvalue weighted by Gasteiger charge is 2.29. The van der Waals surface area contributed by atoms with E-state index in [2.05, 4.69) is 18.2 Å². The van der Waals surface area contributed by atoms with Gasteiger partial charge in [0.25, 0.3) is 0 Å². The smallest absolute Gasteiger partial charge is 0.410 e. The van der Waals surface area contributed by atoms with Crippen LogP contribution in [0.5, 0.6) is 0 Å². The van der Waals surface area contributed by atoms with Crippen LogP contribution in [0, 0.1) is 5.92 Å². The lowest BCUT2D eigenvalue weighted by molar-refractivity contribution is -0.144. The van der Waals surface area contributed by atoms with Gasteiger partial charge in [-0.15, -0.1) is 0 Å². The third-order valence-corrected chi connectivity index (χ3v) is 6.80. The molecule has 1 amide bonds. The molecule has 0 spiro atoms. The van der Waals surface area contributed by atoms with E-state index in [-0.39, 0.29) is 24.8 Å². The predicted molar refractivity (Wildman–Crippen MR) is 141 cm³/mol. The minimum atomic E-state index is -0.781. The molecule has 36 heavy (non-hydrogen) atoms. The van der Waals surface area contributed by atoms with Crippen molar-refractivity contribution in [3.63, 3.8) is 0 Å². The molecule has 8 nitrogen and oxygen atoms in total. The van der Waals surface area contributed by atoms with Gasteiger partial charge in [-0.1, -0.05) is 26.0 Å². The summed E-state index contributed by atoms with van der Waals surface area (Å²) in [6, 6.07) is 0.219. The lowest BCUT2D eigenvalue weighted by atomic mass is 9.87. The summed E-state index contributed by atoms with van der Waals surface area (Å²) >= 11 is 0. The number of carbonyl (C=O) groups is 2. The van der Waals surface area contributed by atoms with E-state index >= 15 is 0 Å². The highest BCUT2D eigenvalue weighted by Crippen LogP contribution is 2.29. The maximum Gasteiger partial charge on any atom is 0.410 e. The summed E-state index contributed by atoms with van der Waals surface area (Å²) in [6.07, 6.45) is 7.97. The number of nitrogens with zero attached hydrogens (tertiary/aromatic N) is 2. The standard InChI is InChI=1S/C28H42N2O6/c1-18(2)24(17-35-28(33)30(6)22-12-8-9-13-22)25(34-7)20(5)16-29-26(19(3)4)36-23-14-10-11-21(15-23)27(31)32/h16,21-23H,1,5,8-15,17H2,2-4,6-7H3,(H,31,32)/b25-24-,29-16-/t21-,23?/m0/s1. The molecule has 8 heteroatoms. The van der Waals surface area contributed by atoms with Gasteiger partial charge in [0.05, 0.1) is 13.0 Å². The molecule has 0 aromatic rings. The van der Waals surface area contributed by atoms with Crippen LogP contribution >= 0.6 is 0 Å². The van der Waals surface area contributed by atoms with Crippen molar-refractivity contribution in [2.45, 2.75) is 84.3 Å². The van der Waals surface area contributed by atoms with E-state index in [9.17, 15) is 14.7 Å². The number of methoxy groups -OCH3 is 1. The third kappa shape index (κ3) is 8.28. The number of aliphatic carboxylic acids is 1. The Balaban J connectivity index is 2.11. The molecule has 2 rings (SSSR count). The molecule has 2 aliphatic carbocycles. The molecule has 0 heterocycles. The normalized spacial score (nSPS) is 20.9. The van der Waals surface area contributed by atoms with Crippen molar-refractivity contribution in [1.82, 2.24) is 4.90 Å². The van der Waals surface area contributed by atoms with Crippen molar-refractivity contribution in [2.75, 3.05) is 20.8 Å². The Kier molecular flexibility index (Phi) is 11.3. The van der Waals surface area contributed by atoms with Gasteiger partial charge in [-0.05, 0) is 70.4 Å². The van der Waals surface area contributed by atoms with Crippen LogP contribution < -0.4 is 0 Å². The number of rotatable bonds is 11. The second-order valence-electron chi connectivity index (χ2n) is 9.93. The Morgan fingerprint density at radius 1 is 1.08 bits per heavy atom. The van der Waals surface area contributed by atoms with Gasteiger partial charge < -0.3 is 24.2 Å². The fourth-order valence-corrected chi connectivity index (χ4v) is 4.61. The third-order valence-electron chi connectivity index (χ3n) is 6.80. The van der Waals surface area contributed by atoms with Gasteiger partial charge in [-0.3, -0.25) is 4.79 Å². The molecule has 1 N–H and O–H groups in total. The molecule has 1 unspecified atom stereocenters. The zero-order valence-electron chi connectivity index (χ0n) is 22.5. The maximum atomic E-state index is 12.6. The molecular formula is C28H42N2O6. The Labute approximate surface area is 215 Å². The monoisotopic (exact) mass is 502 g/mol. The SMILES string of the molecule is C=C(C)/C(COC(=O)N(C)C1CCCC1)=C(\OC)C(=C)/C=N\C(OC1CCC[C@H](C(=O)O)C1)=C(C)C. The first-order valence-electron chi connectivity index (χ1n) is 12.7. The topological polar surface area (TPSA) is 97.7 Å². The quantitative estimate of drug-likeness (QED) is 0.211. The average Bonchev–Trinajstić information content (AvgIpc) is 3.38. The van der Waals surface area contributed by atoms with Gasteiger partial charge in [-0.25, -0.2) is 9.79 Å². The molecule has 2 saturated carbocycles. The second kappa shape index (κ2) is 13.9. The van der Waals surface area contributed by atoms with E-state index in [1.165, 1.54) is 7.11 Å². The molecule has 2 aliphatic rings. The van der Waals surface area contributed by atoms with Crippen LogP contribution in [0.1, 0.15) is 72.1 Å². The molecular weight excluding hydrogens is 460 g/mol. The first kappa shape index (κ1) is 29.2. The van der Waals surface area contributed by atoms with Crippen LogP contribution in [0.25, 0.3) is 0 Å². The van der Waals surface area contributed by atoms with E-state index in [4.69, 9.17) is 14.2 Å². The van der Waals surface area contributed by atoms with Crippen LogP contribution in [0.4, 0.5) is 4.79 Å². The number of hydrogen-bond acceptors (Lipinski definition) is 6. The largest absolute Gasteiger partial charge is 0.496 e. The highest BCUT2D eigenvalue weighted by atomic mass is 16.6. The summed E-state index contributed by atoms with van der Waals surface area (Å²) in [7, 11) is 3.30. The Morgan fingerprint density at radius 2 is 1.75 bits per heavy atom. The lowest BCUT2D eigenvalue weighted by Crippen LogP contribution is -2.36. The van der Waals surface area contributed by atoms with Crippen LogP contribution in [0.15, 0.2) is 52.1 Å². The van der Waals surface area contributed by atoms with Gasteiger partial charge in [-0.2, -0.15) is 0 Å². The van der Waals surface area contributed by atoms with E-state index < -0.39 is 11.9 Å². The zero-order chi connectivity index (χ0) is 26.8. The molecule has 0 bridgehead atoms. The van der Waals surface area contributed by atoms with E-state index in [0.29, 0.717) is 41.2 Å². The van der Waals surface area contributed by atoms with E-state index in [1.54, 1.807) is 18.2 Å². The highest BCUT2D eigenvalue weighted by molar-refractivity contribution is 5.84. The van der Waals surface area contributed by atoms with Gasteiger partial charge >= 0.3 is 12.1 Å². The Bertz CT molecular complexity index is 922. The molecule has 0 saturated heterocycles. The number of aliphatic imine (C=N–C) groups is 1. The molecule has 0 aromatic heterocycles. The number of hydrogen-bond donors (Lipinski definition) is 1. The fourth-order valence-electron chi connectivity index (χ4n) is 4.61. The van der Waals surface area contributed by atoms with Crippen LogP contribution in [0.3, 0.4) is 0 Å². The Morgan fingerprint density at radius 3 is 2.31 bits per heavy atom. The van der Waals surface area contributed by atoms with Crippen molar-refractivity contribution in [3.05, 3.63) is 47.1 Å². The summed E-state index contributed by atoms with van der Waals surface area (Å²) < 4.78 is 17.3. The van der Waals surface area contributed by atoms with Crippen LogP contribution in [0.2, 0.25) is 0 Å². The minimum Gasteiger partial charge on any atom is -0.496 e. The number of carbonyl (C=O) groups excluding carboxylic acids is 1. The molecule has 200 valence electrons. The summed E-state index contributed by atoms with van der Waals surface area (Å²) in [5.74, 6) is -0.308. The number of ether oxygens (including phenoxy) is 3. The van der Waals surface area contributed by atoms with Crippen molar-refractivity contribution in [3.8, 4) is 0 Å². The van der Waals surface area contributed by atoms with E-state index in [0.717, 1.165) is 44.1 Å². The first-order chi connectivity index (χ1) is 17.0. The number of allylic oxidation sites excluding steroid dienone is 2. The lowest BCUT2D eigenvalue weighted by Gasteiger charge is -2.27. The van der Waals surface area contributed by atoms with Gasteiger partial charge in [0.1, 0.15) is 18.5 Å². The van der Waals surface area contributed by atoms with E-state index in [1.807, 2.05) is 20.8 Å². The summed E-state index contributed by atoms with van der Waals surface area (Å²) in [4.78, 5) is 30.1. The van der Waals surface area contributed by atoms with Gasteiger partial charge in [0.2, 0.25) is 5.88 Å². The summed E-state index contributed by atoms with van der Waals surface area (Å²) in [5.41, 5.74) is 2.66. The molecule has 2 atom stereocenters. The minimum absolute atomic E-state index is 0.00587. The second-order valence-corrected chi connectivity index (χ2v) is 9.93. The molecule has 0 radical (unpaired) electrons. The van der Waals surface area contributed by atoms with Crippen molar-refractivity contribution in [2.24, 2.45) is 10.9 Å². The summed E-state index contributed by atoms with van der Waals surface area (Å²) in [5, 5.41) is 9.35. The van der Waals surface area contributed by atoms with Crippen LogP contribution in [-0.2, 0) is 19.0 Å². The van der Waals surface area contributed by atoms with Crippen LogP contribution in [-0.4, -0.2) is 61.2 Å². The van der Waals surface area contributed by atoms with Crippen molar-refractivity contribution < 1.29 is 28.9 Å². The molecule has 0 aromatic carbocycles. The first-order valence-corrected chi connectivity index (χ1v) is 12.7. The predicted octanol–water partition coefficient (Wildman–Crippen LogP) is 6.01. The van der Waals surface area contributed by atoms with Crippen molar-refractivity contribution >= 4 is 18.3 Å². The summed E-state index contributed by atoms with van der Waals surface area (Å²) in [6.45, 7) is 13.7. The Hall–Kier alpha value is -3.03. The fraction of sp³-hybridized carbons (Fsp3) is 0.607. The number of carboxylic acid groups (broad SMARTS) is 1. The molecule has 0 aliphatic heterocycles. The average molecular weight is 503 g/mol. The number of amides is 1. The van der Waals surface area contributed by atoms with Gasteiger partial charge in [0, 0.05) is 30.5 Å². The molecule has 2 fully saturated rings. The zero-order valence-corrected chi connectivity index (χ0v) is 22.5. The van der Waals surface area contributed by atoms with Crippen molar-refractivity contribution in [1.29, 1.82) is 0 Å². The maximum absolute atomic E-state index is 12.6. The van der Waals surface area contributed by atoms with Gasteiger partial charge in [0.15, 0.2) is 0 Å².